The second kappa shape index (κ2) is 6.40. The van der Waals surface area contributed by atoms with E-state index in [-0.39, 0.29) is 6.04 Å². The number of hydrogen-bond donors (Lipinski definition) is 0. The van der Waals surface area contributed by atoms with Crippen molar-refractivity contribution in [3.8, 4) is 5.75 Å². The van der Waals surface area contributed by atoms with Crippen molar-refractivity contribution in [2.45, 2.75) is 30.2 Å². The molecule has 1 fully saturated rings. The highest BCUT2D eigenvalue weighted by Gasteiger charge is 2.37. The molecule has 0 radical (unpaired) electrons. The van der Waals surface area contributed by atoms with Crippen LogP contribution in [0, 0.1) is 0 Å². The van der Waals surface area contributed by atoms with Crippen molar-refractivity contribution >= 4 is 21.4 Å². The highest BCUT2D eigenvalue weighted by Crippen LogP contribution is 2.33. The summed E-state index contributed by atoms with van der Waals surface area (Å²) < 4.78 is 32.6. The predicted molar refractivity (Wildman–Crippen MR) is 87.9 cm³/mol. The Balaban J connectivity index is 1.82. The average Bonchev–Trinajstić information content (AvgIpc) is 3.22. The lowest BCUT2D eigenvalue weighted by molar-refractivity contribution is 0.403. The predicted octanol–water partition coefficient (Wildman–Crippen LogP) is 3.15. The molecule has 118 valence electrons. The molecule has 2 aromatic rings. The topological polar surface area (TPSA) is 46.6 Å². The fourth-order valence-corrected chi connectivity index (χ4v) is 4.85. The van der Waals surface area contributed by atoms with Crippen LogP contribution in [0.2, 0.25) is 0 Å². The van der Waals surface area contributed by atoms with Crippen LogP contribution in [0.5, 0.6) is 5.75 Å². The Labute approximate surface area is 135 Å². The van der Waals surface area contributed by atoms with Gasteiger partial charge < -0.3 is 4.74 Å². The zero-order valence-corrected chi connectivity index (χ0v) is 14.1. The smallest absolute Gasteiger partial charge is 0.243 e. The zero-order chi connectivity index (χ0) is 15.6. The Morgan fingerprint density at radius 1 is 1.27 bits per heavy atom. The SMILES string of the molecule is COc1cccc(S(=O)(=O)N(CCc2cccs2)C2CC2)c1. The number of rotatable bonds is 7. The maximum Gasteiger partial charge on any atom is 0.243 e. The Morgan fingerprint density at radius 3 is 2.73 bits per heavy atom. The second-order valence-corrected chi connectivity index (χ2v) is 8.28. The number of hydrogen-bond acceptors (Lipinski definition) is 4. The van der Waals surface area contributed by atoms with Gasteiger partial charge in [-0.2, -0.15) is 4.31 Å². The molecule has 1 aliphatic carbocycles. The van der Waals surface area contributed by atoms with Crippen molar-refractivity contribution in [3.05, 3.63) is 46.7 Å². The first-order valence-electron chi connectivity index (χ1n) is 7.29. The van der Waals surface area contributed by atoms with Crippen LogP contribution in [-0.2, 0) is 16.4 Å². The summed E-state index contributed by atoms with van der Waals surface area (Å²) >= 11 is 1.67. The Morgan fingerprint density at radius 2 is 2.09 bits per heavy atom. The van der Waals surface area contributed by atoms with E-state index in [4.69, 9.17) is 4.74 Å². The van der Waals surface area contributed by atoms with Crippen molar-refractivity contribution in [3.63, 3.8) is 0 Å². The molecule has 4 nitrogen and oxygen atoms in total. The zero-order valence-electron chi connectivity index (χ0n) is 12.4. The third kappa shape index (κ3) is 3.34. The number of thiophene rings is 1. The normalized spacial score (nSPS) is 15.2. The summed E-state index contributed by atoms with van der Waals surface area (Å²) in [6.45, 7) is 0.532. The standard InChI is InChI=1S/C16H19NO3S2/c1-20-14-4-2-6-16(12-14)22(18,19)17(13-7-8-13)10-9-15-5-3-11-21-15/h2-6,11-13H,7-10H2,1H3. The van der Waals surface area contributed by atoms with Crippen molar-refractivity contribution in [1.82, 2.24) is 4.31 Å². The van der Waals surface area contributed by atoms with Crippen LogP contribution < -0.4 is 4.74 Å². The van der Waals surface area contributed by atoms with Crippen LogP contribution in [0.1, 0.15) is 17.7 Å². The summed E-state index contributed by atoms with van der Waals surface area (Å²) in [5.41, 5.74) is 0. The Kier molecular flexibility index (Phi) is 4.52. The summed E-state index contributed by atoms with van der Waals surface area (Å²) in [6.07, 6.45) is 2.67. The monoisotopic (exact) mass is 337 g/mol. The molecule has 3 rings (SSSR count). The van der Waals surface area contributed by atoms with Gasteiger partial charge in [-0.05, 0) is 42.8 Å². The second-order valence-electron chi connectivity index (χ2n) is 5.36. The van der Waals surface area contributed by atoms with Crippen LogP contribution in [0.4, 0.5) is 0 Å². The van der Waals surface area contributed by atoms with E-state index in [0.717, 1.165) is 19.3 Å². The van der Waals surface area contributed by atoms with E-state index in [1.54, 1.807) is 47.0 Å². The molecule has 1 aromatic heterocycles. The Hall–Kier alpha value is -1.37. The molecule has 0 unspecified atom stereocenters. The lowest BCUT2D eigenvalue weighted by atomic mass is 10.3. The lowest BCUT2D eigenvalue weighted by Gasteiger charge is -2.22. The molecular weight excluding hydrogens is 318 g/mol. The summed E-state index contributed by atoms with van der Waals surface area (Å²) in [4.78, 5) is 1.52. The molecule has 6 heteroatoms. The van der Waals surface area contributed by atoms with Crippen molar-refractivity contribution in [1.29, 1.82) is 0 Å². The van der Waals surface area contributed by atoms with E-state index >= 15 is 0 Å². The highest BCUT2D eigenvalue weighted by atomic mass is 32.2. The van der Waals surface area contributed by atoms with Gasteiger partial charge in [0.2, 0.25) is 10.0 Å². The fourth-order valence-electron chi connectivity index (χ4n) is 2.43. The van der Waals surface area contributed by atoms with E-state index in [0.29, 0.717) is 17.2 Å². The summed E-state index contributed by atoms with van der Waals surface area (Å²) in [7, 11) is -1.92. The molecule has 22 heavy (non-hydrogen) atoms. The van der Waals surface area contributed by atoms with Crippen LogP contribution in [0.3, 0.4) is 0 Å². The maximum atomic E-state index is 12.9. The summed E-state index contributed by atoms with van der Waals surface area (Å²) in [5, 5.41) is 2.02. The number of methoxy groups -OCH3 is 1. The van der Waals surface area contributed by atoms with E-state index in [1.165, 1.54) is 4.88 Å². The maximum absolute atomic E-state index is 12.9. The third-order valence-electron chi connectivity index (χ3n) is 3.76. The first-order valence-corrected chi connectivity index (χ1v) is 9.61. The minimum absolute atomic E-state index is 0.149. The molecule has 0 bridgehead atoms. The van der Waals surface area contributed by atoms with Gasteiger partial charge in [0.05, 0.1) is 12.0 Å². The van der Waals surface area contributed by atoms with Crippen molar-refractivity contribution < 1.29 is 13.2 Å². The first-order chi connectivity index (χ1) is 10.6. The molecule has 0 amide bonds. The van der Waals surface area contributed by atoms with Crippen molar-refractivity contribution in [2.24, 2.45) is 0 Å². The molecule has 0 aliphatic heterocycles. The van der Waals surface area contributed by atoms with Gasteiger partial charge in [0.15, 0.2) is 0 Å². The van der Waals surface area contributed by atoms with Gasteiger partial charge in [0.1, 0.15) is 5.75 Å². The van der Waals surface area contributed by atoms with Crippen LogP contribution in [0.15, 0.2) is 46.7 Å². The van der Waals surface area contributed by atoms with E-state index in [1.807, 2.05) is 17.5 Å². The third-order valence-corrected chi connectivity index (χ3v) is 6.64. The van der Waals surface area contributed by atoms with Gasteiger partial charge in [-0.15, -0.1) is 11.3 Å². The lowest BCUT2D eigenvalue weighted by Crippen LogP contribution is -2.34. The molecular formula is C16H19NO3S2. The largest absolute Gasteiger partial charge is 0.497 e. The molecule has 1 aliphatic rings. The van der Waals surface area contributed by atoms with Gasteiger partial charge in [-0.1, -0.05) is 12.1 Å². The van der Waals surface area contributed by atoms with E-state index in [9.17, 15) is 8.42 Å². The molecule has 0 saturated heterocycles. The van der Waals surface area contributed by atoms with Gasteiger partial charge in [0, 0.05) is 23.5 Å². The van der Waals surface area contributed by atoms with Gasteiger partial charge in [-0.25, -0.2) is 8.42 Å². The molecule has 1 heterocycles. The number of nitrogens with zero attached hydrogens (tertiary/aromatic N) is 1. The summed E-state index contributed by atoms with van der Waals surface area (Å²) in [5.74, 6) is 0.565. The molecule has 0 spiro atoms. The fraction of sp³-hybridized carbons (Fsp3) is 0.375. The highest BCUT2D eigenvalue weighted by molar-refractivity contribution is 7.89. The van der Waals surface area contributed by atoms with E-state index < -0.39 is 10.0 Å². The molecule has 1 aromatic carbocycles. The van der Waals surface area contributed by atoms with Crippen LogP contribution in [-0.4, -0.2) is 32.4 Å². The van der Waals surface area contributed by atoms with Gasteiger partial charge in [-0.3, -0.25) is 0 Å². The van der Waals surface area contributed by atoms with Crippen molar-refractivity contribution in [2.75, 3.05) is 13.7 Å². The molecule has 0 N–H and O–H groups in total. The van der Waals surface area contributed by atoms with Crippen LogP contribution >= 0.6 is 11.3 Å². The number of sulfonamides is 1. The minimum atomic E-state index is -3.47. The molecule has 0 atom stereocenters. The molecule has 1 saturated carbocycles. The van der Waals surface area contributed by atoms with Crippen LogP contribution in [0.25, 0.3) is 0 Å². The van der Waals surface area contributed by atoms with E-state index in [2.05, 4.69) is 0 Å². The minimum Gasteiger partial charge on any atom is -0.497 e. The number of ether oxygens (including phenoxy) is 1. The Bertz CT molecular complexity index is 722. The van der Waals surface area contributed by atoms with Gasteiger partial charge >= 0.3 is 0 Å². The first kappa shape index (κ1) is 15.5. The van der Waals surface area contributed by atoms with Gasteiger partial charge in [0.25, 0.3) is 0 Å². The average molecular weight is 337 g/mol. The summed E-state index contributed by atoms with van der Waals surface area (Å²) in [6, 6.07) is 10.9. The quantitative estimate of drug-likeness (QED) is 0.780. The number of benzene rings is 1.